The Balaban J connectivity index is 2.06. The van der Waals surface area contributed by atoms with Crippen molar-refractivity contribution in [3.8, 4) is 0 Å². The zero-order chi connectivity index (χ0) is 13.0. The molecule has 1 atom stereocenters. The number of rotatable bonds is 5. The number of halogens is 2. The first-order chi connectivity index (χ1) is 8.70. The fraction of sp³-hybridized carbons (Fsp3) is 0.286. The number of thiophene rings is 1. The van der Waals surface area contributed by atoms with Gasteiger partial charge >= 0.3 is 0 Å². The highest BCUT2D eigenvalue weighted by atomic mass is 79.9. The lowest BCUT2D eigenvalue weighted by Crippen LogP contribution is -2.29. The minimum Gasteiger partial charge on any atom is -0.316 e. The van der Waals surface area contributed by atoms with Crippen LogP contribution in [-0.2, 0) is 12.8 Å². The van der Waals surface area contributed by atoms with Crippen LogP contribution >= 0.6 is 43.2 Å². The molecule has 1 unspecified atom stereocenters. The van der Waals surface area contributed by atoms with Crippen molar-refractivity contribution in [1.29, 1.82) is 0 Å². The second-order valence-corrected chi connectivity index (χ2v) is 6.89. The Bertz CT molecular complexity index is 510. The van der Waals surface area contributed by atoms with E-state index in [9.17, 15) is 0 Å². The average molecular weight is 389 g/mol. The van der Waals surface area contributed by atoms with E-state index in [4.69, 9.17) is 0 Å². The van der Waals surface area contributed by atoms with Crippen molar-refractivity contribution in [3.05, 3.63) is 55.1 Å². The first-order valence-corrected chi connectivity index (χ1v) is 8.30. The maximum absolute atomic E-state index is 3.61. The van der Waals surface area contributed by atoms with E-state index in [1.165, 1.54) is 19.4 Å². The smallest absolute Gasteiger partial charge is 0.0314 e. The van der Waals surface area contributed by atoms with Gasteiger partial charge in [0.25, 0.3) is 0 Å². The average Bonchev–Trinajstić information content (AvgIpc) is 2.77. The number of hydrogen-bond donors (Lipinski definition) is 1. The van der Waals surface area contributed by atoms with E-state index in [-0.39, 0.29) is 0 Å². The van der Waals surface area contributed by atoms with Gasteiger partial charge in [0.15, 0.2) is 0 Å². The van der Waals surface area contributed by atoms with Crippen molar-refractivity contribution < 1.29 is 0 Å². The maximum Gasteiger partial charge on any atom is 0.0314 e. The van der Waals surface area contributed by atoms with Crippen LogP contribution in [0.4, 0.5) is 0 Å². The van der Waals surface area contributed by atoms with Gasteiger partial charge in [-0.15, -0.1) is 11.3 Å². The number of hydrogen-bond acceptors (Lipinski definition) is 2. The minimum absolute atomic E-state index is 0.457. The van der Waals surface area contributed by atoms with Crippen LogP contribution in [0.3, 0.4) is 0 Å². The number of benzene rings is 1. The second kappa shape index (κ2) is 6.85. The molecular formula is C14H15Br2NS. The van der Waals surface area contributed by atoms with Gasteiger partial charge in [0.1, 0.15) is 0 Å². The fourth-order valence-corrected chi connectivity index (χ4v) is 3.94. The Kier molecular flexibility index (Phi) is 5.42. The summed E-state index contributed by atoms with van der Waals surface area (Å²) >= 11 is 9.02. The molecule has 0 saturated heterocycles. The Hall–Kier alpha value is -0.160. The molecule has 1 nitrogen and oxygen atoms in total. The SMILES string of the molecule is CNC(Cc1ccccc1Br)Cc1sccc1Br. The van der Waals surface area contributed by atoms with Gasteiger partial charge in [0.2, 0.25) is 0 Å². The van der Waals surface area contributed by atoms with E-state index < -0.39 is 0 Å². The van der Waals surface area contributed by atoms with E-state index in [1.54, 1.807) is 0 Å². The summed E-state index contributed by atoms with van der Waals surface area (Å²) in [5.41, 5.74) is 1.35. The van der Waals surface area contributed by atoms with Crippen LogP contribution in [0.15, 0.2) is 44.7 Å². The Morgan fingerprint density at radius 3 is 2.50 bits per heavy atom. The Labute approximate surface area is 129 Å². The molecule has 0 saturated carbocycles. The quantitative estimate of drug-likeness (QED) is 0.786. The molecule has 0 aliphatic rings. The van der Waals surface area contributed by atoms with Gasteiger partial charge in [-0.1, -0.05) is 34.1 Å². The van der Waals surface area contributed by atoms with Crippen molar-refractivity contribution in [2.24, 2.45) is 0 Å². The lowest BCUT2D eigenvalue weighted by atomic mass is 10.0. The predicted octanol–water partition coefficient (Wildman–Crippen LogP) is 4.65. The largest absolute Gasteiger partial charge is 0.316 e. The van der Waals surface area contributed by atoms with Gasteiger partial charge in [-0.05, 0) is 58.9 Å². The third-order valence-corrected chi connectivity index (χ3v) is 5.68. The summed E-state index contributed by atoms with van der Waals surface area (Å²) < 4.78 is 2.41. The molecule has 0 amide bonds. The highest BCUT2D eigenvalue weighted by Gasteiger charge is 2.12. The molecule has 1 N–H and O–H groups in total. The van der Waals surface area contributed by atoms with Crippen LogP contribution in [0.1, 0.15) is 10.4 Å². The van der Waals surface area contributed by atoms with E-state index in [0.717, 1.165) is 12.8 Å². The summed E-state index contributed by atoms with van der Waals surface area (Å²) in [5, 5.41) is 5.54. The molecule has 4 heteroatoms. The highest BCUT2D eigenvalue weighted by Crippen LogP contribution is 2.25. The summed E-state index contributed by atoms with van der Waals surface area (Å²) in [5.74, 6) is 0. The van der Waals surface area contributed by atoms with Crippen LogP contribution in [-0.4, -0.2) is 13.1 Å². The van der Waals surface area contributed by atoms with Crippen molar-refractivity contribution in [2.75, 3.05) is 7.05 Å². The molecule has 0 aliphatic heterocycles. The highest BCUT2D eigenvalue weighted by molar-refractivity contribution is 9.10. The first kappa shape index (κ1) is 14.3. The van der Waals surface area contributed by atoms with Gasteiger partial charge in [-0.25, -0.2) is 0 Å². The summed E-state index contributed by atoms with van der Waals surface area (Å²) in [6, 6.07) is 11.0. The lowest BCUT2D eigenvalue weighted by Gasteiger charge is -2.16. The molecule has 0 spiro atoms. The third kappa shape index (κ3) is 3.67. The predicted molar refractivity (Wildman–Crippen MR) is 86.4 cm³/mol. The monoisotopic (exact) mass is 387 g/mol. The molecule has 1 aromatic heterocycles. The molecule has 18 heavy (non-hydrogen) atoms. The maximum atomic E-state index is 3.61. The van der Waals surface area contributed by atoms with E-state index in [2.05, 4.69) is 72.9 Å². The second-order valence-electron chi connectivity index (χ2n) is 4.18. The molecule has 0 fully saturated rings. The summed E-state index contributed by atoms with van der Waals surface area (Å²) in [7, 11) is 2.03. The summed E-state index contributed by atoms with van der Waals surface area (Å²) in [6.07, 6.45) is 2.08. The van der Waals surface area contributed by atoms with Crippen molar-refractivity contribution in [1.82, 2.24) is 5.32 Å². The fourth-order valence-electron chi connectivity index (χ4n) is 1.90. The summed E-state index contributed by atoms with van der Waals surface area (Å²) in [4.78, 5) is 1.40. The lowest BCUT2D eigenvalue weighted by molar-refractivity contribution is 0.558. The molecule has 0 bridgehead atoms. The van der Waals surface area contributed by atoms with E-state index in [0.29, 0.717) is 6.04 Å². The van der Waals surface area contributed by atoms with Gasteiger partial charge in [-0.2, -0.15) is 0 Å². The first-order valence-electron chi connectivity index (χ1n) is 5.83. The van der Waals surface area contributed by atoms with Crippen LogP contribution in [0.5, 0.6) is 0 Å². The molecule has 96 valence electrons. The van der Waals surface area contributed by atoms with Gasteiger partial charge < -0.3 is 5.32 Å². The third-order valence-electron chi connectivity index (χ3n) is 2.96. The Morgan fingerprint density at radius 2 is 1.89 bits per heavy atom. The van der Waals surface area contributed by atoms with Gasteiger partial charge in [-0.3, -0.25) is 0 Å². The summed E-state index contributed by atoms with van der Waals surface area (Å²) in [6.45, 7) is 0. The standard InChI is InChI=1S/C14H15Br2NS/c1-17-11(9-14-13(16)6-7-18-14)8-10-4-2-3-5-12(10)15/h2-7,11,17H,8-9H2,1H3. The molecular weight excluding hydrogens is 374 g/mol. The molecule has 1 heterocycles. The number of likely N-dealkylation sites (N-methyl/N-ethyl adjacent to an activating group) is 1. The normalized spacial score (nSPS) is 12.6. The van der Waals surface area contributed by atoms with Gasteiger partial charge in [0.05, 0.1) is 0 Å². The molecule has 1 aromatic carbocycles. The Morgan fingerprint density at radius 1 is 1.11 bits per heavy atom. The topological polar surface area (TPSA) is 12.0 Å². The van der Waals surface area contributed by atoms with Crippen LogP contribution in [0, 0.1) is 0 Å². The zero-order valence-electron chi connectivity index (χ0n) is 10.1. The van der Waals surface area contributed by atoms with Crippen molar-refractivity contribution in [2.45, 2.75) is 18.9 Å². The molecule has 0 aliphatic carbocycles. The molecule has 2 rings (SSSR count). The van der Waals surface area contributed by atoms with Crippen molar-refractivity contribution in [3.63, 3.8) is 0 Å². The van der Waals surface area contributed by atoms with Crippen molar-refractivity contribution >= 4 is 43.2 Å². The minimum atomic E-state index is 0.457. The number of nitrogens with one attached hydrogen (secondary N) is 1. The van der Waals surface area contributed by atoms with Crippen LogP contribution < -0.4 is 5.32 Å². The van der Waals surface area contributed by atoms with E-state index >= 15 is 0 Å². The zero-order valence-corrected chi connectivity index (χ0v) is 14.1. The van der Waals surface area contributed by atoms with Crippen LogP contribution in [0.25, 0.3) is 0 Å². The van der Waals surface area contributed by atoms with Gasteiger partial charge in [0, 0.05) is 19.9 Å². The molecule has 2 aromatic rings. The van der Waals surface area contributed by atoms with Crippen LogP contribution in [0.2, 0.25) is 0 Å². The molecule has 0 radical (unpaired) electrons. The van der Waals surface area contributed by atoms with E-state index in [1.807, 2.05) is 18.4 Å².